The monoisotopic (exact) mass is 281 g/mol. The van der Waals surface area contributed by atoms with Crippen LogP contribution in [0.5, 0.6) is 0 Å². The molecule has 0 saturated heterocycles. The fourth-order valence-electron chi connectivity index (χ4n) is 1.46. The maximum atomic E-state index is 11.0. The van der Waals surface area contributed by atoms with Crippen LogP contribution in [-0.2, 0) is 0 Å². The zero-order chi connectivity index (χ0) is 15.5. The molecule has 0 aromatic heterocycles. The number of non-ortho nitro benzene ring substituents is 1. The quantitative estimate of drug-likeness (QED) is 0.634. The van der Waals surface area contributed by atoms with Crippen molar-refractivity contribution >= 4 is 17.1 Å². The number of benzene rings is 1. The fraction of sp³-hybridized carbons (Fsp3) is 0.538. The summed E-state index contributed by atoms with van der Waals surface area (Å²) in [5, 5.41) is 24.7. The lowest BCUT2D eigenvalue weighted by Crippen LogP contribution is -2.28. The Morgan fingerprint density at radius 2 is 1.80 bits per heavy atom. The normalized spacial score (nSPS) is 11.4. The van der Waals surface area contributed by atoms with Crippen LogP contribution >= 0.6 is 0 Å². The van der Waals surface area contributed by atoms with Crippen molar-refractivity contribution in [3.8, 4) is 0 Å². The minimum atomic E-state index is -0.644. The summed E-state index contributed by atoms with van der Waals surface area (Å²) < 4.78 is 0. The molecule has 0 heterocycles. The van der Waals surface area contributed by atoms with E-state index < -0.39 is 9.85 Å². The van der Waals surface area contributed by atoms with Gasteiger partial charge in [-0.15, -0.1) is 0 Å². The number of nitrogens with zero attached hydrogens (tertiary/aromatic N) is 2. The van der Waals surface area contributed by atoms with Gasteiger partial charge in [0.05, 0.1) is 15.9 Å². The van der Waals surface area contributed by atoms with E-state index in [2.05, 4.69) is 33.0 Å². The number of nitrogens with one attached hydrogen (secondary N) is 1. The molecule has 1 N–H and O–H groups in total. The van der Waals surface area contributed by atoms with Gasteiger partial charge in [-0.05, 0) is 17.4 Å². The number of nitro groups is 2. The summed E-state index contributed by atoms with van der Waals surface area (Å²) in [4.78, 5) is 20.4. The van der Waals surface area contributed by atoms with Crippen molar-refractivity contribution in [1.82, 2.24) is 0 Å². The molecule has 0 atom stereocenters. The highest BCUT2D eigenvalue weighted by molar-refractivity contribution is 5.65. The predicted molar refractivity (Wildman–Crippen MR) is 76.9 cm³/mol. The number of hydrogen-bond acceptors (Lipinski definition) is 5. The molecule has 7 nitrogen and oxygen atoms in total. The van der Waals surface area contributed by atoms with E-state index in [0.29, 0.717) is 18.2 Å². The average Bonchev–Trinajstić information content (AvgIpc) is 2.35. The minimum absolute atomic E-state index is 0.0460. The molecule has 0 aliphatic carbocycles. The molecule has 7 heteroatoms. The molecule has 0 bridgehead atoms. The first-order valence-electron chi connectivity index (χ1n) is 6.32. The van der Waals surface area contributed by atoms with Crippen LogP contribution in [-0.4, -0.2) is 16.4 Å². The minimum Gasteiger partial charge on any atom is -0.379 e. The second kappa shape index (κ2) is 5.85. The first-order chi connectivity index (χ1) is 9.15. The molecule has 110 valence electrons. The number of anilines is 1. The van der Waals surface area contributed by atoms with Crippen molar-refractivity contribution in [2.45, 2.75) is 27.7 Å². The highest BCUT2D eigenvalue weighted by Crippen LogP contribution is 2.31. The SMILES string of the molecule is CC(C)C(C)(C)CNc1ccc([N+](=O)[O-])cc1[N+](=O)[O-]. The Bertz CT molecular complexity index is 526. The van der Waals surface area contributed by atoms with E-state index in [0.717, 1.165) is 6.07 Å². The molecule has 0 radical (unpaired) electrons. The van der Waals surface area contributed by atoms with E-state index in [1.165, 1.54) is 12.1 Å². The van der Waals surface area contributed by atoms with Gasteiger partial charge in [0.15, 0.2) is 0 Å². The Kier molecular flexibility index (Phi) is 4.65. The van der Waals surface area contributed by atoms with E-state index in [-0.39, 0.29) is 16.8 Å². The number of nitro benzene ring substituents is 2. The van der Waals surface area contributed by atoms with Crippen LogP contribution in [0, 0.1) is 31.6 Å². The standard InChI is InChI=1S/C13H19N3O4/c1-9(2)13(3,4)8-14-11-6-5-10(15(17)18)7-12(11)16(19)20/h5-7,9,14H,8H2,1-4H3. The molecule has 1 aromatic carbocycles. The molecule has 1 aromatic rings. The van der Waals surface area contributed by atoms with Gasteiger partial charge in [0, 0.05) is 12.6 Å². The van der Waals surface area contributed by atoms with Crippen molar-refractivity contribution in [2.24, 2.45) is 11.3 Å². The number of hydrogen-bond donors (Lipinski definition) is 1. The van der Waals surface area contributed by atoms with Crippen LogP contribution < -0.4 is 5.32 Å². The summed E-state index contributed by atoms with van der Waals surface area (Å²) in [6.07, 6.45) is 0. The zero-order valence-corrected chi connectivity index (χ0v) is 12.0. The molecule has 0 spiro atoms. The van der Waals surface area contributed by atoms with Gasteiger partial charge in [-0.3, -0.25) is 20.2 Å². The van der Waals surface area contributed by atoms with E-state index >= 15 is 0 Å². The highest BCUT2D eigenvalue weighted by atomic mass is 16.6. The van der Waals surface area contributed by atoms with Gasteiger partial charge in [-0.1, -0.05) is 27.7 Å². The Morgan fingerprint density at radius 1 is 1.20 bits per heavy atom. The second-order valence-electron chi connectivity index (χ2n) is 5.71. The highest BCUT2D eigenvalue weighted by Gasteiger charge is 2.25. The molecule has 0 fully saturated rings. The molecule has 1 rings (SSSR count). The lowest BCUT2D eigenvalue weighted by atomic mass is 9.81. The molecule has 0 saturated carbocycles. The van der Waals surface area contributed by atoms with Crippen LogP contribution in [0.2, 0.25) is 0 Å². The van der Waals surface area contributed by atoms with Crippen molar-refractivity contribution in [3.63, 3.8) is 0 Å². The van der Waals surface area contributed by atoms with Crippen LogP contribution in [0.15, 0.2) is 18.2 Å². The molecule has 0 aliphatic heterocycles. The Morgan fingerprint density at radius 3 is 2.25 bits per heavy atom. The third-order valence-corrected chi connectivity index (χ3v) is 3.69. The summed E-state index contributed by atoms with van der Waals surface area (Å²) in [5.74, 6) is 0.395. The van der Waals surface area contributed by atoms with Gasteiger partial charge >= 0.3 is 0 Å². The summed E-state index contributed by atoms with van der Waals surface area (Å²) in [5.41, 5.74) is -0.311. The maximum absolute atomic E-state index is 11.0. The second-order valence-corrected chi connectivity index (χ2v) is 5.71. The van der Waals surface area contributed by atoms with Gasteiger partial charge in [-0.2, -0.15) is 0 Å². The van der Waals surface area contributed by atoms with Crippen molar-refractivity contribution in [2.75, 3.05) is 11.9 Å². The van der Waals surface area contributed by atoms with Gasteiger partial charge < -0.3 is 5.32 Å². The lowest BCUT2D eigenvalue weighted by Gasteiger charge is -2.29. The third kappa shape index (κ3) is 3.66. The van der Waals surface area contributed by atoms with Crippen LogP contribution in [0.3, 0.4) is 0 Å². The predicted octanol–water partition coefficient (Wildman–Crippen LogP) is 3.60. The van der Waals surface area contributed by atoms with Gasteiger partial charge in [-0.25, -0.2) is 0 Å². The molecule has 20 heavy (non-hydrogen) atoms. The molecule has 0 unspecified atom stereocenters. The maximum Gasteiger partial charge on any atom is 0.299 e. The van der Waals surface area contributed by atoms with E-state index in [9.17, 15) is 20.2 Å². The van der Waals surface area contributed by atoms with Crippen molar-refractivity contribution in [1.29, 1.82) is 0 Å². The van der Waals surface area contributed by atoms with Crippen molar-refractivity contribution in [3.05, 3.63) is 38.4 Å². The van der Waals surface area contributed by atoms with Gasteiger partial charge in [0.25, 0.3) is 11.4 Å². The summed E-state index contributed by atoms with van der Waals surface area (Å²) in [7, 11) is 0. The summed E-state index contributed by atoms with van der Waals surface area (Å²) in [6, 6.07) is 3.62. The van der Waals surface area contributed by atoms with E-state index in [4.69, 9.17) is 0 Å². The van der Waals surface area contributed by atoms with E-state index in [1.807, 2.05) is 0 Å². The van der Waals surface area contributed by atoms with Crippen LogP contribution in [0.4, 0.5) is 17.1 Å². The van der Waals surface area contributed by atoms with E-state index in [1.54, 1.807) is 0 Å². The Hall–Kier alpha value is -2.18. The first kappa shape index (κ1) is 15.9. The Labute approximate surface area is 117 Å². The smallest absolute Gasteiger partial charge is 0.299 e. The summed E-state index contributed by atoms with van der Waals surface area (Å²) >= 11 is 0. The van der Waals surface area contributed by atoms with Crippen LogP contribution in [0.1, 0.15) is 27.7 Å². The molecule has 0 aliphatic rings. The molecular weight excluding hydrogens is 262 g/mol. The Balaban J connectivity index is 3.01. The van der Waals surface area contributed by atoms with Crippen LogP contribution in [0.25, 0.3) is 0 Å². The number of rotatable bonds is 6. The van der Waals surface area contributed by atoms with Gasteiger partial charge in [0.2, 0.25) is 0 Å². The van der Waals surface area contributed by atoms with Crippen molar-refractivity contribution < 1.29 is 9.85 Å². The average molecular weight is 281 g/mol. The third-order valence-electron chi connectivity index (χ3n) is 3.69. The van der Waals surface area contributed by atoms with Gasteiger partial charge in [0.1, 0.15) is 5.69 Å². The zero-order valence-electron chi connectivity index (χ0n) is 12.0. The molecular formula is C13H19N3O4. The summed E-state index contributed by atoms with van der Waals surface area (Å²) in [6.45, 7) is 8.81. The fourth-order valence-corrected chi connectivity index (χ4v) is 1.46. The first-order valence-corrected chi connectivity index (χ1v) is 6.32. The topological polar surface area (TPSA) is 98.3 Å². The largest absolute Gasteiger partial charge is 0.379 e. The molecule has 0 amide bonds. The lowest BCUT2D eigenvalue weighted by molar-refractivity contribution is -0.393.